The summed E-state index contributed by atoms with van der Waals surface area (Å²) in [4.78, 5) is 56.8. The zero-order chi connectivity index (χ0) is 44.9. The number of benzene rings is 3. The lowest BCUT2D eigenvalue weighted by Crippen LogP contribution is -2.55. The number of hydrogen-bond acceptors (Lipinski definition) is 9. The third-order valence-electron chi connectivity index (χ3n) is 11.0. The van der Waals surface area contributed by atoms with Crippen LogP contribution in [0.3, 0.4) is 0 Å². The maximum absolute atomic E-state index is 12.8. The van der Waals surface area contributed by atoms with E-state index in [1.54, 1.807) is 20.3 Å². The van der Waals surface area contributed by atoms with Crippen LogP contribution in [-0.2, 0) is 19.2 Å². The van der Waals surface area contributed by atoms with Crippen molar-refractivity contribution in [2.75, 3.05) is 40.9 Å². The number of aryl methyl sites for hydroxylation is 1. The lowest BCUT2D eigenvalue weighted by molar-refractivity contribution is -0.140. The van der Waals surface area contributed by atoms with Crippen molar-refractivity contribution in [2.45, 2.75) is 102 Å². The van der Waals surface area contributed by atoms with Crippen LogP contribution in [-0.4, -0.2) is 96.5 Å². The molecule has 0 bridgehead atoms. The van der Waals surface area contributed by atoms with E-state index in [-0.39, 0.29) is 36.5 Å². The van der Waals surface area contributed by atoms with Crippen molar-refractivity contribution in [1.82, 2.24) is 24.8 Å². The van der Waals surface area contributed by atoms with E-state index in [9.17, 15) is 19.2 Å². The highest BCUT2D eigenvalue weighted by Crippen LogP contribution is 2.46. The van der Waals surface area contributed by atoms with Gasteiger partial charge in [-0.05, 0) is 96.1 Å². The molecule has 0 spiro atoms. The quantitative estimate of drug-likeness (QED) is 0.0815. The first-order valence-electron chi connectivity index (χ1n) is 22.0. The number of carbonyl (C=O) groups excluding carboxylic acids is 4. The average molecular weight is 866 g/mol. The molecule has 3 atom stereocenters. The van der Waals surface area contributed by atoms with Crippen molar-refractivity contribution in [3.63, 3.8) is 0 Å². The van der Waals surface area contributed by atoms with E-state index in [2.05, 4.69) is 47.6 Å². The molecular weight excluding hydrogens is 799 g/mol. The number of methoxy groups -OCH3 is 2. The van der Waals surface area contributed by atoms with E-state index in [4.69, 9.17) is 14.5 Å². The van der Waals surface area contributed by atoms with Gasteiger partial charge >= 0.3 is 0 Å². The van der Waals surface area contributed by atoms with Gasteiger partial charge in [0.05, 0.1) is 25.4 Å². The summed E-state index contributed by atoms with van der Waals surface area (Å²) < 4.78 is 13.6. The monoisotopic (exact) mass is 865 g/mol. The molecule has 8 rings (SSSR count). The molecule has 334 valence electrons. The van der Waals surface area contributed by atoms with Gasteiger partial charge in [-0.2, -0.15) is 0 Å². The fraction of sp³-hybridized carbons (Fsp3) is 0.460. The molecule has 2 N–H and O–H groups in total. The SMILES string of the molecule is C=CC1CC1(NC(=O)C1CCCN1C(=O)CCC=O)C(=O)NSC1CC1.CC.CN1CCCCC1.COc1ccc2c(OC)cc(-c3ccccc3)nc2c1.Cc1ccccc1. The van der Waals surface area contributed by atoms with E-state index in [1.807, 2.05) is 86.6 Å². The number of carbonyl (C=O) groups is 4. The van der Waals surface area contributed by atoms with Crippen LogP contribution >= 0.6 is 11.9 Å². The summed E-state index contributed by atoms with van der Waals surface area (Å²) in [5, 5.41) is 4.36. The van der Waals surface area contributed by atoms with Crippen LogP contribution < -0.4 is 19.5 Å². The Labute approximate surface area is 373 Å². The molecule has 2 saturated heterocycles. The molecule has 4 aliphatic rings. The molecule has 0 radical (unpaired) electrons. The molecule has 2 aliphatic heterocycles. The predicted molar refractivity (Wildman–Crippen MR) is 252 cm³/mol. The van der Waals surface area contributed by atoms with Crippen molar-refractivity contribution >= 4 is 46.9 Å². The van der Waals surface area contributed by atoms with Gasteiger partial charge in [-0.3, -0.25) is 19.1 Å². The zero-order valence-corrected chi connectivity index (χ0v) is 38.4. The zero-order valence-electron chi connectivity index (χ0n) is 37.6. The van der Waals surface area contributed by atoms with Crippen LogP contribution in [0.4, 0.5) is 0 Å². The largest absolute Gasteiger partial charge is 0.497 e. The minimum absolute atomic E-state index is 0.0909. The number of nitrogens with zero attached hydrogens (tertiary/aromatic N) is 3. The fourth-order valence-corrected chi connectivity index (χ4v) is 8.06. The van der Waals surface area contributed by atoms with Gasteiger partial charge in [0.15, 0.2) is 0 Å². The fourth-order valence-electron chi connectivity index (χ4n) is 7.23. The minimum Gasteiger partial charge on any atom is -0.497 e. The van der Waals surface area contributed by atoms with E-state index in [0.29, 0.717) is 30.9 Å². The Morgan fingerprint density at radius 2 is 1.56 bits per heavy atom. The van der Waals surface area contributed by atoms with Gasteiger partial charge in [0.2, 0.25) is 11.8 Å². The van der Waals surface area contributed by atoms with Crippen molar-refractivity contribution in [3.05, 3.63) is 103 Å². The maximum atomic E-state index is 12.8. The number of nitrogens with one attached hydrogen (secondary N) is 2. The summed E-state index contributed by atoms with van der Waals surface area (Å²) in [5.74, 6) is 0.844. The first-order valence-corrected chi connectivity index (χ1v) is 22.9. The number of fused-ring (bicyclic) bond motifs is 1. The summed E-state index contributed by atoms with van der Waals surface area (Å²) in [6.07, 6.45) is 11.0. The second kappa shape index (κ2) is 25.7. The van der Waals surface area contributed by atoms with Crippen LogP contribution in [0.2, 0.25) is 0 Å². The number of pyridine rings is 1. The van der Waals surface area contributed by atoms with Crippen LogP contribution in [0.25, 0.3) is 22.2 Å². The molecule has 4 fully saturated rings. The Balaban J connectivity index is 0.000000204. The standard InChI is InChI=1S/C18H25N3O4S.C17H15NO2.C7H8.C6H13N.C2H6/c1-2-12-11-18(12,17(25)20-26-13-7-8-13)19-16(24)14-5-3-9-21(14)15(23)6-4-10-22;1-19-13-8-9-14-16(10-13)18-15(11-17(14)20-2)12-6-4-3-5-7-12;2*1-7-5-3-2-4-6-7;1-2/h2,10,12-14H,1,3-9,11H2,(H,19,24)(H,20,25);3-11H,1-2H3;2-6H,1H3;2-6H2,1H3;1-2H3. The number of hydrogen-bond donors (Lipinski definition) is 2. The first-order chi connectivity index (χ1) is 30.1. The van der Waals surface area contributed by atoms with Crippen molar-refractivity contribution in [1.29, 1.82) is 0 Å². The van der Waals surface area contributed by atoms with Crippen LogP contribution in [0, 0.1) is 12.8 Å². The highest BCUT2D eigenvalue weighted by Gasteiger charge is 2.60. The molecule has 3 unspecified atom stereocenters. The third-order valence-corrected chi connectivity index (χ3v) is 12.1. The molecule has 11 nitrogen and oxygen atoms in total. The van der Waals surface area contributed by atoms with Crippen LogP contribution in [0.15, 0.2) is 97.6 Å². The van der Waals surface area contributed by atoms with Gasteiger partial charge in [0.1, 0.15) is 29.4 Å². The molecule has 12 heteroatoms. The summed E-state index contributed by atoms with van der Waals surface area (Å²) >= 11 is 1.42. The molecule has 3 aromatic carbocycles. The summed E-state index contributed by atoms with van der Waals surface area (Å²) in [5.41, 5.74) is 3.20. The third kappa shape index (κ3) is 14.7. The number of aromatic nitrogens is 1. The minimum atomic E-state index is -0.944. The van der Waals surface area contributed by atoms with Gasteiger partial charge in [-0.1, -0.05) is 92.6 Å². The number of likely N-dealkylation sites (tertiary alicyclic amines) is 2. The number of ether oxygens (including phenoxy) is 2. The van der Waals surface area contributed by atoms with Gasteiger partial charge in [-0.25, -0.2) is 4.98 Å². The highest BCUT2D eigenvalue weighted by molar-refractivity contribution is 7.98. The molecule has 3 amide bonds. The Hall–Kier alpha value is -5.20. The summed E-state index contributed by atoms with van der Waals surface area (Å²) in [7, 11) is 5.52. The van der Waals surface area contributed by atoms with Crippen LogP contribution in [0.1, 0.15) is 83.6 Å². The molecule has 2 aliphatic carbocycles. The van der Waals surface area contributed by atoms with Crippen molar-refractivity contribution < 1.29 is 28.7 Å². The second-order valence-electron chi connectivity index (χ2n) is 15.7. The molecule has 1 aromatic heterocycles. The number of rotatable bonds is 12. The number of aldehydes is 1. The smallest absolute Gasteiger partial charge is 0.256 e. The van der Waals surface area contributed by atoms with E-state index in [0.717, 1.165) is 52.9 Å². The molecule has 3 heterocycles. The topological polar surface area (TPSA) is 130 Å². The Morgan fingerprint density at radius 1 is 0.887 bits per heavy atom. The Bertz CT molecular complexity index is 2020. The van der Waals surface area contributed by atoms with Crippen LogP contribution in [0.5, 0.6) is 11.5 Å². The molecule has 4 aromatic rings. The van der Waals surface area contributed by atoms with Crippen molar-refractivity contribution in [2.24, 2.45) is 5.92 Å². The first kappa shape index (κ1) is 49.5. The van der Waals surface area contributed by atoms with Gasteiger partial charge < -0.3 is 29.4 Å². The number of amides is 3. The van der Waals surface area contributed by atoms with Crippen molar-refractivity contribution in [3.8, 4) is 22.8 Å². The van der Waals surface area contributed by atoms with E-state index in [1.165, 1.54) is 54.8 Å². The second-order valence-corrected chi connectivity index (χ2v) is 16.8. The lowest BCUT2D eigenvalue weighted by Gasteiger charge is -2.26. The molecule has 2 saturated carbocycles. The van der Waals surface area contributed by atoms with E-state index < -0.39 is 11.6 Å². The highest BCUT2D eigenvalue weighted by atomic mass is 32.2. The maximum Gasteiger partial charge on any atom is 0.256 e. The molecular formula is C50H67N5O6S. The van der Waals surface area contributed by atoms with E-state index >= 15 is 0 Å². The number of piperidine rings is 1. The lowest BCUT2D eigenvalue weighted by atomic mass is 10.1. The van der Waals surface area contributed by atoms with Gasteiger partial charge in [0, 0.05) is 53.6 Å². The Morgan fingerprint density at radius 3 is 2.10 bits per heavy atom. The molecule has 62 heavy (non-hydrogen) atoms. The predicted octanol–water partition coefficient (Wildman–Crippen LogP) is 8.99. The Kier molecular flexibility index (Phi) is 20.5. The van der Waals surface area contributed by atoms with Gasteiger partial charge in [0.25, 0.3) is 5.91 Å². The summed E-state index contributed by atoms with van der Waals surface area (Å²) in [6, 6.07) is 27.5. The average Bonchev–Trinajstić information content (AvgIpc) is 4.23. The normalized spacial score (nSPS) is 19.8. The summed E-state index contributed by atoms with van der Waals surface area (Å²) in [6.45, 7) is 13.0. The van der Waals surface area contributed by atoms with Gasteiger partial charge in [-0.15, -0.1) is 6.58 Å².